The molecule has 0 aliphatic carbocycles. The first-order chi connectivity index (χ1) is 8.69. The van der Waals surface area contributed by atoms with E-state index in [2.05, 4.69) is 35.1 Å². The van der Waals surface area contributed by atoms with Crippen molar-refractivity contribution in [1.82, 2.24) is 9.97 Å². The molecule has 0 bridgehead atoms. The van der Waals surface area contributed by atoms with Crippen LogP contribution < -0.4 is 0 Å². The lowest BCUT2D eigenvalue weighted by Crippen LogP contribution is -1.92. The van der Waals surface area contributed by atoms with Crippen LogP contribution in [0.4, 0.5) is 0 Å². The number of aromatic nitrogens is 2. The van der Waals surface area contributed by atoms with Gasteiger partial charge in [-0.25, -0.2) is 9.97 Å². The summed E-state index contributed by atoms with van der Waals surface area (Å²) >= 11 is 1.63. The summed E-state index contributed by atoms with van der Waals surface area (Å²) in [5.74, 6) is 0.715. The van der Waals surface area contributed by atoms with Gasteiger partial charge in [-0.15, -0.1) is 11.8 Å². The second kappa shape index (κ2) is 5.65. The summed E-state index contributed by atoms with van der Waals surface area (Å²) in [5.41, 5.74) is 3.67. The molecule has 0 aliphatic rings. The Balaban J connectivity index is 2.14. The third kappa shape index (κ3) is 3.08. The van der Waals surface area contributed by atoms with Crippen LogP contribution in [0.2, 0.25) is 0 Å². The highest BCUT2D eigenvalue weighted by atomic mass is 32.2. The van der Waals surface area contributed by atoms with E-state index < -0.39 is 0 Å². The van der Waals surface area contributed by atoms with Gasteiger partial charge in [0.1, 0.15) is 11.8 Å². The third-order valence-corrected chi connectivity index (χ3v) is 3.41. The molecule has 0 radical (unpaired) electrons. The van der Waals surface area contributed by atoms with Crippen LogP contribution in [0.1, 0.15) is 22.5 Å². The van der Waals surface area contributed by atoms with Gasteiger partial charge in [0, 0.05) is 17.6 Å². The molecule has 0 aromatic carbocycles. The van der Waals surface area contributed by atoms with E-state index in [1.165, 1.54) is 5.56 Å². The van der Waals surface area contributed by atoms with Crippen molar-refractivity contribution in [3.05, 3.63) is 53.0 Å². The highest BCUT2D eigenvalue weighted by Gasteiger charge is 2.04. The molecular formula is C14H13N3S. The Bertz CT molecular complexity index is 582. The predicted octanol–water partition coefficient (Wildman–Crippen LogP) is 3.26. The molecule has 0 saturated carbocycles. The number of hydrogen-bond acceptors (Lipinski definition) is 4. The van der Waals surface area contributed by atoms with Crippen molar-refractivity contribution >= 4 is 11.8 Å². The Labute approximate surface area is 111 Å². The fourth-order valence-electron chi connectivity index (χ4n) is 1.69. The molecule has 2 heterocycles. The third-order valence-electron chi connectivity index (χ3n) is 2.45. The first-order valence-electron chi connectivity index (χ1n) is 5.61. The Morgan fingerprint density at radius 1 is 1.33 bits per heavy atom. The quantitative estimate of drug-likeness (QED) is 0.790. The van der Waals surface area contributed by atoms with Crippen molar-refractivity contribution < 1.29 is 0 Å². The average molecular weight is 255 g/mol. The molecule has 3 nitrogen and oxygen atoms in total. The highest BCUT2D eigenvalue weighted by molar-refractivity contribution is 7.98. The number of aryl methyl sites for hydroxylation is 2. The van der Waals surface area contributed by atoms with Gasteiger partial charge in [0.2, 0.25) is 0 Å². The molecule has 2 aromatic heterocycles. The molecule has 0 saturated heterocycles. The monoisotopic (exact) mass is 255 g/mol. The van der Waals surface area contributed by atoms with Gasteiger partial charge < -0.3 is 0 Å². The molecule has 0 unspecified atom stereocenters. The van der Waals surface area contributed by atoms with Crippen molar-refractivity contribution in [2.45, 2.75) is 24.6 Å². The zero-order valence-electron chi connectivity index (χ0n) is 10.3. The molecule has 90 valence electrons. The fourth-order valence-corrected chi connectivity index (χ4v) is 2.70. The van der Waals surface area contributed by atoms with Crippen molar-refractivity contribution in [3.8, 4) is 6.07 Å². The molecule has 0 N–H and O–H groups in total. The van der Waals surface area contributed by atoms with E-state index >= 15 is 0 Å². The van der Waals surface area contributed by atoms with Crippen LogP contribution in [0, 0.1) is 25.2 Å². The predicted molar refractivity (Wildman–Crippen MR) is 72.2 cm³/mol. The summed E-state index contributed by atoms with van der Waals surface area (Å²) in [6, 6.07) is 10.0. The summed E-state index contributed by atoms with van der Waals surface area (Å²) in [4.78, 5) is 8.51. The zero-order valence-corrected chi connectivity index (χ0v) is 11.2. The normalized spacial score (nSPS) is 10.1. The van der Waals surface area contributed by atoms with Crippen molar-refractivity contribution in [2.24, 2.45) is 0 Å². The standard InChI is InChI=1S/C14H13N3S/c1-10-6-11(2)17-14(7-10)18-9-12-4-3-5-16-13(12)8-15/h3-7H,9H2,1-2H3. The Kier molecular flexibility index (Phi) is 3.96. The van der Waals surface area contributed by atoms with Crippen molar-refractivity contribution in [2.75, 3.05) is 0 Å². The summed E-state index contributed by atoms with van der Waals surface area (Å²) in [6.45, 7) is 4.05. The van der Waals surface area contributed by atoms with Gasteiger partial charge in [0.05, 0.1) is 5.03 Å². The summed E-state index contributed by atoms with van der Waals surface area (Å²) in [7, 11) is 0. The van der Waals surface area contributed by atoms with Gasteiger partial charge in [0.25, 0.3) is 0 Å². The molecule has 0 atom stereocenters. The maximum Gasteiger partial charge on any atom is 0.144 e. The summed E-state index contributed by atoms with van der Waals surface area (Å²) < 4.78 is 0. The van der Waals surface area contributed by atoms with Crippen LogP contribution in [0.25, 0.3) is 0 Å². The van der Waals surface area contributed by atoms with E-state index in [1.54, 1.807) is 18.0 Å². The minimum absolute atomic E-state index is 0.495. The second-order valence-electron chi connectivity index (χ2n) is 4.04. The van der Waals surface area contributed by atoms with E-state index in [9.17, 15) is 0 Å². The van der Waals surface area contributed by atoms with Gasteiger partial charge in [0.15, 0.2) is 0 Å². The van der Waals surface area contributed by atoms with Gasteiger partial charge in [-0.3, -0.25) is 0 Å². The Hall–Kier alpha value is -1.86. The van der Waals surface area contributed by atoms with E-state index in [1.807, 2.05) is 19.1 Å². The minimum Gasteiger partial charge on any atom is -0.247 e. The van der Waals surface area contributed by atoms with Gasteiger partial charge >= 0.3 is 0 Å². The number of pyridine rings is 2. The minimum atomic E-state index is 0.495. The van der Waals surface area contributed by atoms with Crippen LogP contribution in [-0.2, 0) is 5.75 Å². The molecular weight excluding hydrogens is 242 g/mol. The van der Waals surface area contributed by atoms with Crippen LogP contribution in [0.3, 0.4) is 0 Å². The van der Waals surface area contributed by atoms with E-state index in [0.29, 0.717) is 11.4 Å². The zero-order chi connectivity index (χ0) is 13.0. The molecule has 18 heavy (non-hydrogen) atoms. The lowest BCUT2D eigenvalue weighted by Gasteiger charge is -2.04. The number of thioether (sulfide) groups is 1. The Morgan fingerprint density at radius 3 is 2.89 bits per heavy atom. The largest absolute Gasteiger partial charge is 0.247 e. The van der Waals surface area contributed by atoms with Crippen molar-refractivity contribution in [1.29, 1.82) is 5.26 Å². The lowest BCUT2D eigenvalue weighted by atomic mass is 10.2. The fraction of sp³-hybridized carbons (Fsp3) is 0.214. The average Bonchev–Trinajstić information content (AvgIpc) is 2.35. The van der Waals surface area contributed by atoms with E-state index in [0.717, 1.165) is 16.3 Å². The molecule has 0 fully saturated rings. The van der Waals surface area contributed by atoms with Gasteiger partial charge in [-0.2, -0.15) is 5.26 Å². The topological polar surface area (TPSA) is 49.6 Å². The van der Waals surface area contributed by atoms with Crippen molar-refractivity contribution in [3.63, 3.8) is 0 Å². The SMILES string of the molecule is Cc1cc(C)nc(SCc2cccnc2C#N)c1. The number of nitrogens with zero attached hydrogens (tertiary/aromatic N) is 3. The number of hydrogen-bond donors (Lipinski definition) is 0. The first-order valence-corrected chi connectivity index (χ1v) is 6.59. The maximum atomic E-state index is 8.97. The van der Waals surface area contributed by atoms with Crippen LogP contribution in [-0.4, -0.2) is 9.97 Å². The van der Waals surface area contributed by atoms with Crippen LogP contribution >= 0.6 is 11.8 Å². The molecule has 0 aliphatic heterocycles. The molecule has 0 amide bonds. The molecule has 0 spiro atoms. The Morgan fingerprint density at radius 2 is 2.17 bits per heavy atom. The van der Waals surface area contributed by atoms with Gasteiger partial charge in [-0.1, -0.05) is 6.07 Å². The summed E-state index contributed by atoms with van der Waals surface area (Å²) in [6.07, 6.45) is 1.64. The van der Waals surface area contributed by atoms with Gasteiger partial charge in [-0.05, 0) is 43.2 Å². The molecule has 4 heteroatoms. The van der Waals surface area contributed by atoms with E-state index in [4.69, 9.17) is 5.26 Å². The number of nitriles is 1. The molecule has 2 rings (SSSR count). The smallest absolute Gasteiger partial charge is 0.144 e. The second-order valence-corrected chi connectivity index (χ2v) is 5.03. The maximum absolute atomic E-state index is 8.97. The molecule has 2 aromatic rings. The lowest BCUT2D eigenvalue weighted by molar-refractivity contribution is 1.04. The highest BCUT2D eigenvalue weighted by Crippen LogP contribution is 2.23. The van der Waals surface area contributed by atoms with E-state index in [-0.39, 0.29) is 0 Å². The summed E-state index contributed by atoms with van der Waals surface area (Å²) in [5, 5.41) is 9.95. The number of rotatable bonds is 3. The first kappa shape index (κ1) is 12.6. The van der Waals surface area contributed by atoms with Crippen LogP contribution in [0.5, 0.6) is 0 Å². The van der Waals surface area contributed by atoms with Crippen LogP contribution in [0.15, 0.2) is 35.5 Å².